The van der Waals surface area contributed by atoms with Crippen molar-refractivity contribution in [1.82, 2.24) is 0 Å². The number of rotatable bonds is 6. The SMILES string of the molecule is COc1ccc(CN)c(OCc2ccc(OC)c(Br)c2)c1. The van der Waals surface area contributed by atoms with Crippen molar-refractivity contribution in [2.75, 3.05) is 14.2 Å². The van der Waals surface area contributed by atoms with Crippen LogP contribution in [0.2, 0.25) is 0 Å². The van der Waals surface area contributed by atoms with E-state index in [1.54, 1.807) is 14.2 Å². The lowest BCUT2D eigenvalue weighted by atomic mass is 10.2. The fourth-order valence-electron chi connectivity index (χ4n) is 1.93. The van der Waals surface area contributed by atoms with Crippen molar-refractivity contribution in [1.29, 1.82) is 0 Å². The van der Waals surface area contributed by atoms with E-state index in [4.69, 9.17) is 19.9 Å². The first-order valence-electron chi connectivity index (χ1n) is 6.50. The van der Waals surface area contributed by atoms with Crippen LogP contribution >= 0.6 is 15.9 Å². The minimum Gasteiger partial charge on any atom is -0.497 e. The van der Waals surface area contributed by atoms with Gasteiger partial charge in [0, 0.05) is 18.2 Å². The van der Waals surface area contributed by atoms with Gasteiger partial charge in [-0.15, -0.1) is 0 Å². The van der Waals surface area contributed by atoms with E-state index in [-0.39, 0.29) is 0 Å². The molecule has 0 aromatic heterocycles. The van der Waals surface area contributed by atoms with Gasteiger partial charge in [-0.1, -0.05) is 12.1 Å². The molecule has 2 rings (SSSR count). The largest absolute Gasteiger partial charge is 0.497 e. The molecule has 0 spiro atoms. The summed E-state index contributed by atoms with van der Waals surface area (Å²) in [6.45, 7) is 0.869. The molecule has 0 radical (unpaired) electrons. The number of nitrogens with two attached hydrogens (primary N) is 1. The Labute approximate surface area is 132 Å². The van der Waals surface area contributed by atoms with Gasteiger partial charge in [-0.3, -0.25) is 0 Å². The molecule has 112 valence electrons. The molecule has 0 bridgehead atoms. The van der Waals surface area contributed by atoms with E-state index in [0.717, 1.165) is 32.8 Å². The third-order valence-electron chi connectivity index (χ3n) is 3.10. The fourth-order valence-corrected chi connectivity index (χ4v) is 2.51. The maximum atomic E-state index is 5.86. The Morgan fingerprint density at radius 2 is 1.81 bits per heavy atom. The Bertz CT molecular complexity index is 616. The van der Waals surface area contributed by atoms with E-state index in [1.165, 1.54) is 0 Å². The van der Waals surface area contributed by atoms with Gasteiger partial charge < -0.3 is 19.9 Å². The van der Waals surface area contributed by atoms with Crippen LogP contribution in [0.4, 0.5) is 0 Å². The second kappa shape index (κ2) is 7.33. The van der Waals surface area contributed by atoms with Gasteiger partial charge in [0.15, 0.2) is 0 Å². The second-order valence-electron chi connectivity index (χ2n) is 4.44. The van der Waals surface area contributed by atoms with Crippen molar-refractivity contribution < 1.29 is 14.2 Å². The van der Waals surface area contributed by atoms with Crippen molar-refractivity contribution >= 4 is 15.9 Å². The molecule has 0 saturated carbocycles. The molecule has 0 saturated heterocycles. The standard InChI is InChI=1S/C16H18BrNO3/c1-19-13-5-4-12(9-18)16(8-13)21-10-11-3-6-15(20-2)14(17)7-11/h3-8H,9-10,18H2,1-2H3. The third kappa shape index (κ3) is 3.89. The fraction of sp³-hybridized carbons (Fsp3) is 0.250. The molecule has 2 aromatic rings. The summed E-state index contributed by atoms with van der Waals surface area (Å²) in [5.74, 6) is 2.28. The van der Waals surface area contributed by atoms with Crippen molar-refractivity contribution in [2.24, 2.45) is 5.73 Å². The molecule has 5 heteroatoms. The Morgan fingerprint density at radius 3 is 2.43 bits per heavy atom. The molecule has 2 N–H and O–H groups in total. The number of ether oxygens (including phenoxy) is 3. The van der Waals surface area contributed by atoms with Gasteiger partial charge in [0.05, 0.1) is 18.7 Å². The highest BCUT2D eigenvalue weighted by molar-refractivity contribution is 9.10. The summed E-state index contributed by atoms with van der Waals surface area (Å²) >= 11 is 3.46. The smallest absolute Gasteiger partial charge is 0.133 e. The summed E-state index contributed by atoms with van der Waals surface area (Å²) in [6.07, 6.45) is 0. The lowest BCUT2D eigenvalue weighted by molar-refractivity contribution is 0.300. The molecule has 0 heterocycles. The predicted octanol–water partition coefficient (Wildman–Crippen LogP) is 3.50. The topological polar surface area (TPSA) is 53.7 Å². The van der Waals surface area contributed by atoms with E-state index in [9.17, 15) is 0 Å². The van der Waals surface area contributed by atoms with Crippen LogP contribution in [0, 0.1) is 0 Å². The van der Waals surface area contributed by atoms with Gasteiger partial charge in [-0.25, -0.2) is 0 Å². The van der Waals surface area contributed by atoms with Crippen LogP contribution in [0.5, 0.6) is 17.2 Å². The lowest BCUT2D eigenvalue weighted by Gasteiger charge is -2.13. The Morgan fingerprint density at radius 1 is 1.00 bits per heavy atom. The average molecular weight is 352 g/mol. The van der Waals surface area contributed by atoms with Crippen molar-refractivity contribution in [3.8, 4) is 17.2 Å². The molecule has 0 atom stereocenters. The minimum atomic E-state index is 0.422. The van der Waals surface area contributed by atoms with E-state index in [2.05, 4.69) is 15.9 Å². The number of benzene rings is 2. The maximum absolute atomic E-state index is 5.86. The van der Waals surface area contributed by atoms with Crippen molar-refractivity contribution in [2.45, 2.75) is 13.2 Å². The van der Waals surface area contributed by atoms with Crippen LogP contribution in [0.3, 0.4) is 0 Å². The first-order chi connectivity index (χ1) is 10.2. The van der Waals surface area contributed by atoms with Gasteiger partial charge in [-0.05, 0) is 39.7 Å². The summed E-state index contributed by atoms with van der Waals surface area (Å²) in [5, 5.41) is 0. The molecular weight excluding hydrogens is 334 g/mol. The van der Waals surface area contributed by atoms with Crippen LogP contribution in [-0.2, 0) is 13.2 Å². The van der Waals surface area contributed by atoms with Gasteiger partial charge in [0.1, 0.15) is 23.9 Å². The number of hydrogen-bond acceptors (Lipinski definition) is 4. The highest BCUT2D eigenvalue weighted by Crippen LogP contribution is 2.28. The Balaban J connectivity index is 2.13. The Hall–Kier alpha value is -1.72. The molecule has 0 aliphatic heterocycles. The normalized spacial score (nSPS) is 10.3. The van der Waals surface area contributed by atoms with Crippen molar-refractivity contribution in [3.05, 3.63) is 52.0 Å². The van der Waals surface area contributed by atoms with Crippen LogP contribution in [0.1, 0.15) is 11.1 Å². The van der Waals surface area contributed by atoms with Gasteiger partial charge in [0.2, 0.25) is 0 Å². The molecule has 4 nitrogen and oxygen atoms in total. The first-order valence-corrected chi connectivity index (χ1v) is 7.29. The van der Waals surface area contributed by atoms with Crippen LogP contribution < -0.4 is 19.9 Å². The summed E-state index contributed by atoms with van der Waals surface area (Å²) in [7, 11) is 3.27. The minimum absolute atomic E-state index is 0.422. The molecular formula is C16H18BrNO3. The molecule has 2 aromatic carbocycles. The van der Waals surface area contributed by atoms with Gasteiger partial charge >= 0.3 is 0 Å². The lowest BCUT2D eigenvalue weighted by Crippen LogP contribution is -2.03. The Kier molecular flexibility index (Phi) is 5.47. The molecule has 0 aliphatic carbocycles. The summed E-state index contributed by atoms with van der Waals surface area (Å²) in [4.78, 5) is 0. The van der Waals surface area contributed by atoms with Crippen LogP contribution in [0.25, 0.3) is 0 Å². The first kappa shape index (κ1) is 15.7. The zero-order valence-corrected chi connectivity index (χ0v) is 13.6. The van der Waals surface area contributed by atoms with E-state index >= 15 is 0 Å². The zero-order chi connectivity index (χ0) is 15.2. The number of methoxy groups -OCH3 is 2. The highest BCUT2D eigenvalue weighted by Gasteiger charge is 2.06. The van der Waals surface area contributed by atoms with Gasteiger partial charge in [0.25, 0.3) is 0 Å². The van der Waals surface area contributed by atoms with Crippen molar-refractivity contribution in [3.63, 3.8) is 0 Å². The second-order valence-corrected chi connectivity index (χ2v) is 5.29. The predicted molar refractivity (Wildman–Crippen MR) is 85.9 cm³/mol. The third-order valence-corrected chi connectivity index (χ3v) is 3.72. The van der Waals surface area contributed by atoms with Gasteiger partial charge in [-0.2, -0.15) is 0 Å². The van der Waals surface area contributed by atoms with Crippen LogP contribution in [0.15, 0.2) is 40.9 Å². The summed E-state index contributed by atoms with van der Waals surface area (Å²) < 4.78 is 17.2. The zero-order valence-electron chi connectivity index (χ0n) is 12.1. The monoisotopic (exact) mass is 351 g/mol. The summed E-state index contributed by atoms with van der Waals surface area (Å²) in [6, 6.07) is 11.5. The number of halogens is 1. The maximum Gasteiger partial charge on any atom is 0.133 e. The number of hydrogen-bond donors (Lipinski definition) is 1. The van der Waals surface area contributed by atoms with E-state index in [0.29, 0.717) is 13.2 Å². The molecule has 21 heavy (non-hydrogen) atoms. The summed E-state index contributed by atoms with van der Waals surface area (Å²) in [5.41, 5.74) is 7.71. The van der Waals surface area contributed by atoms with Crippen LogP contribution in [-0.4, -0.2) is 14.2 Å². The quantitative estimate of drug-likeness (QED) is 0.865. The van der Waals surface area contributed by atoms with E-state index < -0.39 is 0 Å². The highest BCUT2D eigenvalue weighted by atomic mass is 79.9. The average Bonchev–Trinajstić information content (AvgIpc) is 2.52. The molecule has 0 amide bonds. The molecule has 0 fully saturated rings. The molecule has 0 unspecified atom stereocenters. The van der Waals surface area contributed by atoms with E-state index in [1.807, 2.05) is 36.4 Å². The molecule has 0 aliphatic rings.